The van der Waals surface area contributed by atoms with Crippen molar-refractivity contribution in [2.24, 2.45) is 0 Å². The monoisotopic (exact) mass is 450 g/mol. The highest BCUT2D eigenvalue weighted by molar-refractivity contribution is 5.68. The summed E-state index contributed by atoms with van der Waals surface area (Å²) in [5.74, 6) is -2.36. The third-order valence-corrected chi connectivity index (χ3v) is 4.32. The summed E-state index contributed by atoms with van der Waals surface area (Å²) in [6.45, 7) is 8.01. The first kappa shape index (κ1) is 24.9. The van der Waals surface area contributed by atoms with Gasteiger partial charge in [0, 0.05) is 27.7 Å². The van der Waals surface area contributed by atoms with Crippen molar-refractivity contribution < 1.29 is 47.6 Å². The fourth-order valence-corrected chi connectivity index (χ4v) is 3.10. The lowest BCUT2D eigenvalue weighted by Gasteiger charge is -2.43. The first-order valence-corrected chi connectivity index (χ1v) is 9.80. The summed E-state index contributed by atoms with van der Waals surface area (Å²) >= 11 is 0. The van der Waals surface area contributed by atoms with Crippen LogP contribution in [0, 0.1) is 0 Å². The Morgan fingerprint density at radius 2 is 1.38 bits per heavy atom. The van der Waals surface area contributed by atoms with Crippen molar-refractivity contribution in [2.75, 3.05) is 6.61 Å². The number of ether oxygens (including phenoxy) is 6. The van der Waals surface area contributed by atoms with Crippen LogP contribution in [0.5, 0.6) is 5.75 Å². The van der Waals surface area contributed by atoms with Crippen LogP contribution in [0.15, 0.2) is 30.8 Å². The lowest BCUT2D eigenvalue weighted by molar-refractivity contribution is -0.288. The van der Waals surface area contributed by atoms with Crippen LogP contribution in [0.3, 0.4) is 0 Å². The summed E-state index contributed by atoms with van der Waals surface area (Å²) in [4.78, 5) is 46.6. The van der Waals surface area contributed by atoms with Crippen molar-refractivity contribution in [1.82, 2.24) is 0 Å². The highest BCUT2D eigenvalue weighted by atomic mass is 16.7. The van der Waals surface area contributed by atoms with Crippen LogP contribution in [-0.4, -0.2) is 61.2 Å². The molecule has 1 aromatic carbocycles. The molecule has 0 bridgehead atoms. The highest BCUT2D eigenvalue weighted by Crippen LogP contribution is 2.31. The molecular formula is C22H26O10. The molecule has 1 aromatic rings. The number of benzene rings is 1. The van der Waals surface area contributed by atoms with Crippen molar-refractivity contribution >= 4 is 30.0 Å². The fraction of sp³-hybridized carbons (Fsp3) is 0.455. The standard InChI is InChI=1S/C22H26O10/c1-6-16-7-9-17(10-8-16)31-22-21(30-15(5)26)20(29-14(4)25)19(28-13(3)24)18(32-22)11-27-12(2)23/h6-10,18-22H,1,11H2,2-5H3/t18?,19-,20?,21?,22+/m0/s1. The SMILES string of the molecule is C=Cc1ccc(O[C@@H]2OC(COC(C)=O)[C@H](OC(C)=O)C(OC(C)=O)C2OC(C)=O)cc1. The molecule has 1 heterocycles. The smallest absolute Gasteiger partial charge is 0.303 e. The van der Waals surface area contributed by atoms with Crippen LogP contribution in [0.4, 0.5) is 0 Å². The second kappa shape index (κ2) is 11.3. The van der Waals surface area contributed by atoms with Gasteiger partial charge in [0.1, 0.15) is 18.5 Å². The maximum Gasteiger partial charge on any atom is 0.303 e. The Kier molecular flexibility index (Phi) is 8.77. The average Bonchev–Trinajstić information content (AvgIpc) is 2.70. The Morgan fingerprint density at radius 3 is 1.88 bits per heavy atom. The minimum Gasteiger partial charge on any atom is -0.463 e. The van der Waals surface area contributed by atoms with E-state index >= 15 is 0 Å². The summed E-state index contributed by atoms with van der Waals surface area (Å²) in [6.07, 6.45) is -4.50. The fourth-order valence-electron chi connectivity index (χ4n) is 3.10. The summed E-state index contributed by atoms with van der Waals surface area (Å²) in [7, 11) is 0. The molecule has 1 aliphatic rings. The van der Waals surface area contributed by atoms with Gasteiger partial charge in [-0.15, -0.1) is 0 Å². The van der Waals surface area contributed by atoms with Crippen LogP contribution in [0.2, 0.25) is 0 Å². The quantitative estimate of drug-likeness (QED) is 0.428. The van der Waals surface area contributed by atoms with E-state index in [-0.39, 0.29) is 6.61 Å². The van der Waals surface area contributed by atoms with E-state index in [0.717, 1.165) is 26.3 Å². The average molecular weight is 450 g/mol. The second-order valence-corrected chi connectivity index (χ2v) is 6.96. The van der Waals surface area contributed by atoms with E-state index in [1.165, 1.54) is 6.92 Å². The molecule has 3 unspecified atom stereocenters. The molecule has 5 atom stereocenters. The van der Waals surface area contributed by atoms with Gasteiger partial charge < -0.3 is 28.4 Å². The van der Waals surface area contributed by atoms with E-state index in [1.807, 2.05) is 0 Å². The van der Waals surface area contributed by atoms with Gasteiger partial charge in [0.05, 0.1) is 0 Å². The molecule has 10 nitrogen and oxygen atoms in total. The molecular weight excluding hydrogens is 424 g/mol. The van der Waals surface area contributed by atoms with Gasteiger partial charge in [-0.3, -0.25) is 19.2 Å². The molecule has 0 radical (unpaired) electrons. The van der Waals surface area contributed by atoms with Crippen molar-refractivity contribution in [3.63, 3.8) is 0 Å². The molecule has 32 heavy (non-hydrogen) atoms. The molecule has 0 aromatic heterocycles. The number of hydrogen-bond acceptors (Lipinski definition) is 10. The van der Waals surface area contributed by atoms with Crippen LogP contribution < -0.4 is 4.74 Å². The van der Waals surface area contributed by atoms with Gasteiger partial charge in [0.25, 0.3) is 0 Å². The van der Waals surface area contributed by atoms with Gasteiger partial charge in [-0.05, 0) is 17.7 Å². The van der Waals surface area contributed by atoms with Gasteiger partial charge in [0.15, 0.2) is 12.2 Å². The van der Waals surface area contributed by atoms with Crippen molar-refractivity contribution in [1.29, 1.82) is 0 Å². The van der Waals surface area contributed by atoms with Gasteiger partial charge in [0.2, 0.25) is 12.4 Å². The van der Waals surface area contributed by atoms with E-state index in [9.17, 15) is 19.2 Å². The first-order valence-electron chi connectivity index (χ1n) is 9.80. The van der Waals surface area contributed by atoms with Crippen molar-refractivity contribution in [2.45, 2.75) is 58.4 Å². The first-order chi connectivity index (χ1) is 15.1. The minimum absolute atomic E-state index is 0.326. The lowest BCUT2D eigenvalue weighted by atomic mass is 9.98. The van der Waals surface area contributed by atoms with Crippen molar-refractivity contribution in [3.8, 4) is 5.75 Å². The maximum atomic E-state index is 11.8. The summed E-state index contributed by atoms with van der Waals surface area (Å²) in [6, 6.07) is 6.78. The Morgan fingerprint density at radius 1 is 0.844 bits per heavy atom. The highest BCUT2D eigenvalue weighted by Gasteiger charge is 2.53. The maximum absolute atomic E-state index is 11.8. The summed E-state index contributed by atoms with van der Waals surface area (Å²) in [5, 5.41) is 0. The van der Waals surface area contributed by atoms with Crippen LogP contribution in [0.25, 0.3) is 6.08 Å². The minimum atomic E-state index is -1.29. The Balaban J connectivity index is 2.43. The summed E-state index contributed by atoms with van der Waals surface area (Å²) in [5.41, 5.74) is 0.846. The van der Waals surface area contributed by atoms with E-state index in [1.54, 1.807) is 30.3 Å². The topological polar surface area (TPSA) is 124 Å². The molecule has 1 fully saturated rings. The Bertz CT molecular complexity index is 847. The molecule has 0 amide bonds. The predicted molar refractivity (Wildman–Crippen MR) is 109 cm³/mol. The predicted octanol–water partition coefficient (Wildman–Crippen LogP) is 1.79. The molecule has 0 N–H and O–H groups in total. The van der Waals surface area contributed by atoms with E-state index in [2.05, 4.69) is 6.58 Å². The zero-order chi connectivity index (χ0) is 23.8. The Hall–Kier alpha value is -3.40. The largest absolute Gasteiger partial charge is 0.463 e. The van der Waals surface area contributed by atoms with E-state index in [4.69, 9.17) is 28.4 Å². The molecule has 174 valence electrons. The second-order valence-electron chi connectivity index (χ2n) is 6.96. The van der Waals surface area contributed by atoms with Crippen LogP contribution in [0.1, 0.15) is 33.3 Å². The third kappa shape index (κ3) is 7.09. The number of carbonyl (C=O) groups excluding carboxylic acids is 4. The van der Waals surface area contributed by atoms with Gasteiger partial charge in [-0.2, -0.15) is 0 Å². The Labute approximate surface area is 185 Å². The number of carbonyl (C=O) groups is 4. The lowest BCUT2D eigenvalue weighted by Crippen LogP contribution is -2.63. The number of rotatable bonds is 8. The van der Waals surface area contributed by atoms with Gasteiger partial charge in [-0.1, -0.05) is 24.8 Å². The van der Waals surface area contributed by atoms with Crippen LogP contribution >= 0.6 is 0 Å². The molecule has 2 rings (SSSR count). The van der Waals surface area contributed by atoms with E-state index in [0.29, 0.717) is 5.75 Å². The third-order valence-electron chi connectivity index (χ3n) is 4.32. The zero-order valence-electron chi connectivity index (χ0n) is 18.3. The van der Waals surface area contributed by atoms with Gasteiger partial charge in [-0.25, -0.2) is 0 Å². The molecule has 1 aliphatic heterocycles. The molecule has 0 saturated carbocycles. The zero-order valence-corrected chi connectivity index (χ0v) is 18.3. The van der Waals surface area contributed by atoms with E-state index < -0.39 is 54.6 Å². The molecule has 0 spiro atoms. The molecule has 10 heteroatoms. The normalized spacial score (nSPS) is 24.6. The summed E-state index contributed by atoms with van der Waals surface area (Å²) < 4.78 is 32.7. The number of hydrogen-bond donors (Lipinski definition) is 0. The van der Waals surface area contributed by atoms with Crippen molar-refractivity contribution in [3.05, 3.63) is 36.4 Å². The number of esters is 4. The molecule has 0 aliphatic carbocycles. The molecule has 1 saturated heterocycles. The van der Waals surface area contributed by atoms with Gasteiger partial charge >= 0.3 is 23.9 Å². The van der Waals surface area contributed by atoms with Crippen LogP contribution in [-0.2, 0) is 42.9 Å².